The molecule has 5 rings (SSSR count). The molecule has 0 saturated carbocycles. The maximum absolute atomic E-state index is 13.1. The number of amides is 2. The van der Waals surface area contributed by atoms with Crippen LogP contribution in [0.4, 0.5) is 4.79 Å². The van der Waals surface area contributed by atoms with Crippen molar-refractivity contribution >= 4 is 39.9 Å². The molecule has 4 aromatic rings. The fraction of sp³-hybridized carbons (Fsp3) is 0.0741. The van der Waals surface area contributed by atoms with Crippen molar-refractivity contribution in [2.24, 2.45) is 0 Å². The van der Waals surface area contributed by atoms with Gasteiger partial charge in [0.25, 0.3) is 11.1 Å². The molecule has 1 aliphatic heterocycles. The second-order valence-electron chi connectivity index (χ2n) is 7.75. The van der Waals surface area contributed by atoms with Gasteiger partial charge in [0, 0.05) is 29.2 Å². The third-order valence-electron chi connectivity index (χ3n) is 5.64. The lowest BCUT2D eigenvalue weighted by molar-refractivity contribution is -0.123. The van der Waals surface area contributed by atoms with Crippen LogP contribution in [-0.4, -0.2) is 20.6 Å². The second kappa shape index (κ2) is 8.81. The zero-order chi connectivity index (χ0) is 22.8. The van der Waals surface area contributed by atoms with Gasteiger partial charge in [-0.05, 0) is 41.1 Å². The first kappa shape index (κ1) is 20.8. The van der Waals surface area contributed by atoms with Gasteiger partial charge in [0.05, 0.1) is 23.1 Å². The molecule has 2 amide bonds. The molecule has 1 fully saturated rings. The Bertz CT molecular complexity index is 1450. The molecular formula is C27H19N3O2S. The number of nitrogens with zero attached hydrogens (tertiary/aromatic N) is 3. The lowest BCUT2D eigenvalue weighted by atomic mass is 10.1. The lowest BCUT2D eigenvalue weighted by Gasteiger charge is -2.13. The number of benzene rings is 3. The summed E-state index contributed by atoms with van der Waals surface area (Å²) >= 11 is 0.938. The number of hydrogen-bond donors (Lipinski definition) is 0. The molecule has 5 nitrogen and oxygen atoms in total. The number of rotatable bonds is 5. The first-order valence-electron chi connectivity index (χ1n) is 10.5. The van der Waals surface area contributed by atoms with Gasteiger partial charge in [0.1, 0.15) is 0 Å². The van der Waals surface area contributed by atoms with Crippen LogP contribution in [0.5, 0.6) is 0 Å². The van der Waals surface area contributed by atoms with Crippen LogP contribution < -0.4 is 0 Å². The maximum Gasteiger partial charge on any atom is 0.293 e. The van der Waals surface area contributed by atoms with Crippen LogP contribution in [0.25, 0.3) is 17.0 Å². The molecule has 1 aromatic heterocycles. The Balaban J connectivity index is 1.47. The molecule has 0 unspecified atom stereocenters. The van der Waals surface area contributed by atoms with E-state index in [-0.39, 0.29) is 17.7 Å². The number of fused-ring (bicyclic) bond motifs is 1. The van der Waals surface area contributed by atoms with Crippen LogP contribution in [-0.2, 0) is 17.9 Å². The van der Waals surface area contributed by atoms with Gasteiger partial charge >= 0.3 is 0 Å². The van der Waals surface area contributed by atoms with Crippen LogP contribution in [0.3, 0.4) is 0 Å². The number of thioether (sulfide) groups is 1. The Kier molecular flexibility index (Phi) is 5.55. The number of carbonyl (C=O) groups excluding carboxylic acids is 2. The molecule has 1 saturated heterocycles. The van der Waals surface area contributed by atoms with E-state index >= 15 is 0 Å². The van der Waals surface area contributed by atoms with Gasteiger partial charge in [-0.2, -0.15) is 5.26 Å². The zero-order valence-electron chi connectivity index (χ0n) is 17.6. The summed E-state index contributed by atoms with van der Waals surface area (Å²) in [5.74, 6) is -0.336. The van der Waals surface area contributed by atoms with Gasteiger partial charge in [-0.25, -0.2) is 0 Å². The van der Waals surface area contributed by atoms with E-state index in [2.05, 4.69) is 28.8 Å². The Hall–Kier alpha value is -4.08. The quantitative estimate of drug-likeness (QED) is 0.361. The average molecular weight is 450 g/mol. The van der Waals surface area contributed by atoms with Gasteiger partial charge in [0.15, 0.2) is 0 Å². The average Bonchev–Trinajstić information content (AvgIpc) is 3.32. The Labute approximate surface area is 195 Å². The predicted octanol–water partition coefficient (Wildman–Crippen LogP) is 5.80. The minimum Gasteiger partial charge on any atom is -0.342 e. The number of nitriles is 1. The van der Waals surface area contributed by atoms with Gasteiger partial charge in [0.2, 0.25) is 0 Å². The van der Waals surface area contributed by atoms with Gasteiger partial charge in [-0.15, -0.1) is 0 Å². The van der Waals surface area contributed by atoms with Crippen molar-refractivity contribution < 1.29 is 9.59 Å². The van der Waals surface area contributed by atoms with E-state index in [9.17, 15) is 14.9 Å². The molecule has 1 aliphatic rings. The number of carbonyl (C=O) groups is 2. The van der Waals surface area contributed by atoms with Crippen molar-refractivity contribution in [2.75, 3.05) is 0 Å². The molecule has 0 aliphatic carbocycles. The monoisotopic (exact) mass is 449 g/mol. The second-order valence-corrected chi connectivity index (χ2v) is 8.75. The third-order valence-corrected chi connectivity index (χ3v) is 6.55. The number of imide groups is 1. The number of hydrogen-bond acceptors (Lipinski definition) is 4. The first-order chi connectivity index (χ1) is 16.1. The Morgan fingerprint density at radius 3 is 2.42 bits per heavy atom. The first-order valence-corrected chi connectivity index (χ1v) is 11.3. The van der Waals surface area contributed by atoms with Crippen LogP contribution in [0.1, 0.15) is 22.3 Å². The molecule has 0 bridgehead atoms. The SMILES string of the molecule is N#Cc1ccccc1CN1C(=O)S/C(=C/c2cn(Cc3ccccc3)c3ccccc23)C1=O. The lowest BCUT2D eigenvalue weighted by Crippen LogP contribution is -2.27. The molecule has 33 heavy (non-hydrogen) atoms. The van der Waals surface area contributed by atoms with Crippen molar-refractivity contribution in [3.05, 3.63) is 112 Å². The molecule has 0 N–H and O–H groups in total. The summed E-state index contributed by atoms with van der Waals surface area (Å²) in [6, 6.07) is 27.4. The van der Waals surface area contributed by atoms with Gasteiger partial charge < -0.3 is 4.57 Å². The standard InChI is InChI=1S/C27H19N3O2S/c28-15-20-10-4-5-11-21(20)18-30-26(31)25(33-27(30)32)14-22-17-29(16-19-8-2-1-3-9-19)24-13-7-6-12-23(22)24/h1-14,17H,16,18H2/b25-14+. The Morgan fingerprint density at radius 2 is 1.61 bits per heavy atom. The number of aromatic nitrogens is 1. The highest BCUT2D eigenvalue weighted by atomic mass is 32.2. The predicted molar refractivity (Wildman–Crippen MR) is 130 cm³/mol. The minimum atomic E-state index is -0.336. The molecule has 3 aromatic carbocycles. The van der Waals surface area contributed by atoms with Crippen LogP contribution >= 0.6 is 11.8 Å². The summed E-state index contributed by atoms with van der Waals surface area (Å²) in [4.78, 5) is 27.3. The zero-order valence-corrected chi connectivity index (χ0v) is 18.5. The molecule has 2 heterocycles. The van der Waals surface area contributed by atoms with E-state index in [0.717, 1.165) is 28.2 Å². The molecule has 6 heteroatoms. The molecule has 0 atom stereocenters. The summed E-state index contributed by atoms with van der Waals surface area (Å²) < 4.78 is 2.16. The highest BCUT2D eigenvalue weighted by Crippen LogP contribution is 2.35. The molecule has 0 radical (unpaired) electrons. The van der Waals surface area contributed by atoms with E-state index < -0.39 is 0 Å². The highest BCUT2D eigenvalue weighted by molar-refractivity contribution is 8.18. The normalized spacial score (nSPS) is 14.9. The summed E-state index contributed by atoms with van der Waals surface area (Å²) in [7, 11) is 0. The van der Waals surface area contributed by atoms with E-state index in [1.165, 1.54) is 10.5 Å². The smallest absolute Gasteiger partial charge is 0.293 e. The van der Waals surface area contributed by atoms with Crippen molar-refractivity contribution in [3.63, 3.8) is 0 Å². The summed E-state index contributed by atoms with van der Waals surface area (Å²) in [6.07, 6.45) is 3.82. The van der Waals surface area contributed by atoms with Crippen LogP contribution in [0, 0.1) is 11.3 Å². The van der Waals surface area contributed by atoms with Crippen LogP contribution in [0.2, 0.25) is 0 Å². The third kappa shape index (κ3) is 4.07. The van der Waals surface area contributed by atoms with Crippen molar-refractivity contribution in [1.29, 1.82) is 5.26 Å². The fourth-order valence-electron chi connectivity index (χ4n) is 4.02. The summed E-state index contributed by atoms with van der Waals surface area (Å²) in [6.45, 7) is 0.795. The van der Waals surface area contributed by atoms with Gasteiger partial charge in [-0.1, -0.05) is 66.7 Å². The van der Waals surface area contributed by atoms with Crippen LogP contribution in [0.15, 0.2) is 90.0 Å². The minimum absolute atomic E-state index is 0.0848. The summed E-state index contributed by atoms with van der Waals surface area (Å²) in [5, 5.41) is 10.0. The highest BCUT2D eigenvalue weighted by Gasteiger charge is 2.35. The fourth-order valence-corrected chi connectivity index (χ4v) is 4.85. The van der Waals surface area contributed by atoms with E-state index in [1.54, 1.807) is 30.3 Å². The van der Waals surface area contributed by atoms with E-state index in [1.807, 2.05) is 42.6 Å². The van der Waals surface area contributed by atoms with E-state index in [0.29, 0.717) is 22.6 Å². The van der Waals surface area contributed by atoms with Crippen molar-refractivity contribution in [2.45, 2.75) is 13.1 Å². The topological polar surface area (TPSA) is 66.1 Å². The summed E-state index contributed by atoms with van der Waals surface area (Å²) in [5.41, 5.74) is 4.26. The maximum atomic E-state index is 13.1. The van der Waals surface area contributed by atoms with Crippen molar-refractivity contribution in [1.82, 2.24) is 9.47 Å². The molecular weight excluding hydrogens is 430 g/mol. The number of para-hydroxylation sites is 1. The largest absolute Gasteiger partial charge is 0.342 e. The Morgan fingerprint density at radius 1 is 0.879 bits per heavy atom. The van der Waals surface area contributed by atoms with Gasteiger partial charge in [-0.3, -0.25) is 14.5 Å². The van der Waals surface area contributed by atoms with E-state index in [4.69, 9.17) is 0 Å². The molecule has 0 spiro atoms. The van der Waals surface area contributed by atoms with Crippen molar-refractivity contribution in [3.8, 4) is 6.07 Å². The molecule has 160 valence electrons.